The topological polar surface area (TPSA) is 169 Å². The Morgan fingerprint density at radius 2 is 1.21 bits per heavy atom. The van der Waals surface area contributed by atoms with Crippen LogP contribution in [0.4, 0.5) is 0 Å². The van der Waals surface area contributed by atoms with E-state index in [1.54, 1.807) is 6.08 Å². The highest BCUT2D eigenvalue weighted by atomic mass is 31.2. The summed E-state index contributed by atoms with van der Waals surface area (Å²) in [5.41, 5.74) is 0. The number of aliphatic hydroxyl groups is 3. The van der Waals surface area contributed by atoms with E-state index >= 15 is 0 Å². The van der Waals surface area contributed by atoms with Crippen molar-refractivity contribution in [2.45, 2.75) is 167 Å². The molecule has 0 rings (SSSR count). The minimum absolute atomic E-state index is 0.0982. The molecule has 2 unspecified atom stereocenters. The van der Waals surface area contributed by atoms with Crippen molar-refractivity contribution in [1.82, 2.24) is 0 Å². The fourth-order valence-corrected chi connectivity index (χ4v) is 6.14. The number of carbonyl (C=O) groups excluding carboxylic acids is 2. The molecule has 0 aliphatic carbocycles. The fourth-order valence-electron chi connectivity index (χ4n) is 5.35. The third-order valence-corrected chi connectivity index (χ3v) is 9.60. The molecule has 12 heteroatoms. The molecule has 0 aliphatic rings. The number of hydrogen-bond acceptors (Lipinski definition) is 10. The predicted molar refractivity (Wildman–Crippen MR) is 229 cm³/mol. The van der Waals surface area contributed by atoms with Crippen LogP contribution in [0.15, 0.2) is 72.9 Å². The predicted octanol–water partition coefficient (Wildman–Crippen LogP) is 10.1. The van der Waals surface area contributed by atoms with Gasteiger partial charge in [-0.2, -0.15) is 0 Å². The first kappa shape index (κ1) is 54.4. The molecule has 0 aromatic heterocycles. The van der Waals surface area contributed by atoms with Crippen LogP contribution in [0.5, 0.6) is 0 Å². The SMILES string of the molecule is CC/C=C\CC(O)/C=C/C=C/C/C=C\C/C=C\C/C=C\CCC(=O)OC[C@H](COP(=O)(O)OC[C@@H](O)CO)OC(=O)CCCCCCCCCCCCCC(C)C. The Hall–Kier alpha value is -2.63. The van der Waals surface area contributed by atoms with Gasteiger partial charge in [0.1, 0.15) is 12.7 Å². The summed E-state index contributed by atoms with van der Waals surface area (Å²) in [5.74, 6) is -0.261. The van der Waals surface area contributed by atoms with Gasteiger partial charge in [-0.3, -0.25) is 18.6 Å². The zero-order chi connectivity index (χ0) is 42.2. The van der Waals surface area contributed by atoms with Crippen molar-refractivity contribution in [3.8, 4) is 0 Å². The van der Waals surface area contributed by atoms with Crippen molar-refractivity contribution in [2.24, 2.45) is 5.92 Å². The van der Waals surface area contributed by atoms with E-state index in [1.807, 2.05) is 48.6 Å². The van der Waals surface area contributed by atoms with Crippen molar-refractivity contribution in [3.05, 3.63) is 72.9 Å². The Bertz CT molecular complexity index is 1210. The van der Waals surface area contributed by atoms with Crippen LogP contribution < -0.4 is 0 Å². The molecule has 0 aromatic carbocycles. The first-order valence-corrected chi connectivity index (χ1v) is 22.9. The number of phosphoric ester groups is 1. The molecule has 0 radical (unpaired) electrons. The highest BCUT2D eigenvalue weighted by Crippen LogP contribution is 2.43. The maximum absolute atomic E-state index is 12.6. The molecule has 0 fully saturated rings. The van der Waals surface area contributed by atoms with Gasteiger partial charge in [0.15, 0.2) is 6.10 Å². The Morgan fingerprint density at radius 3 is 1.81 bits per heavy atom. The molecule has 0 bridgehead atoms. The maximum atomic E-state index is 12.6. The number of esters is 2. The van der Waals surface area contributed by atoms with Crippen LogP contribution >= 0.6 is 7.82 Å². The van der Waals surface area contributed by atoms with Gasteiger partial charge in [0, 0.05) is 12.8 Å². The zero-order valence-electron chi connectivity index (χ0n) is 35.3. The van der Waals surface area contributed by atoms with Crippen LogP contribution in [-0.2, 0) is 32.7 Å². The lowest BCUT2D eigenvalue weighted by Gasteiger charge is -2.20. The van der Waals surface area contributed by atoms with E-state index in [0.29, 0.717) is 19.3 Å². The summed E-state index contributed by atoms with van der Waals surface area (Å²) in [4.78, 5) is 34.9. The number of phosphoric acid groups is 1. The van der Waals surface area contributed by atoms with Gasteiger partial charge in [-0.15, -0.1) is 0 Å². The second kappa shape index (κ2) is 38.9. The normalized spacial score (nSPS) is 15.2. The Balaban J connectivity index is 4.47. The van der Waals surface area contributed by atoms with Crippen molar-refractivity contribution < 1.29 is 52.9 Å². The quantitative estimate of drug-likeness (QED) is 0.0154. The Labute approximate surface area is 344 Å². The molecule has 0 heterocycles. The summed E-state index contributed by atoms with van der Waals surface area (Å²) in [5, 5.41) is 28.1. The van der Waals surface area contributed by atoms with Gasteiger partial charge in [0.25, 0.3) is 0 Å². The minimum Gasteiger partial charge on any atom is -0.462 e. The average Bonchev–Trinajstić information content (AvgIpc) is 3.18. The smallest absolute Gasteiger partial charge is 0.462 e. The number of hydrogen-bond donors (Lipinski definition) is 4. The molecule has 11 nitrogen and oxygen atoms in total. The molecule has 4 atom stereocenters. The lowest BCUT2D eigenvalue weighted by molar-refractivity contribution is -0.161. The number of allylic oxidation sites excluding steroid dienone is 10. The lowest BCUT2D eigenvalue weighted by atomic mass is 10.0. The van der Waals surface area contributed by atoms with Gasteiger partial charge >= 0.3 is 19.8 Å². The summed E-state index contributed by atoms with van der Waals surface area (Å²) < 4.78 is 32.6. The van der Waals surface area contributed by atoms with Crippen LogP contribution in [0.3, 0.4) is 0 Å². The Morgan fingerprint density at radius 1 is 0.649 bits per heavy atom. The molecule has 328 valence electrons. The van der Waals surface area contributed by atoms with Crippen molar-refractivity contribution in [1.29, 1.82) is 0 Å². The van der Waals surface area contributed by atoms with Crippen LogP contribution in [0.2, 0.25) is 0 Å². The first-order valence-electron chi connectivity index (χ1n) is 21.4. The highest BCUT2D eigenvalue weighted by Gasteiger charge is 2.27. The van der Waals surface area contributed by atoms with Gasteiger partial charge in [-0.05, 0) is 50.9 Å². The summed E-state index contributed by atoms with van der Waals surface area (Å²) in [6, 6.07) is 0. The molecule has 0 saturated heterocycles. The average molecular weight is 825 g/mol. The van der Waals surface area contributed by atoms with Crippen molar-refractivity contribution in [2.75, 3.05) is 26.4 Å². The number of ether oxygens (including phenoxy) is 2. The fraction of sp³-hybridized carbons (Fsp3) is 0.689. The van der Waals surface area contributed by atoms with Gasteiger partial charge < -0.3 is 29.7 Å². The monoisotopic (exact) mass is 825 g/mol. The molecule has 0 saturated carbocycles. The third kappa shape index (κ3) is 40.0. The first-order chi connectivity index (χ1) is 27.5. The number of unbranched alkanes of at least 4 members (excludes halogenated alkanes) is 10. The van der Waals surface area contributed by atoms with E-state index in [-0.39, 0.29) is 19.4 Å². The van der Waals surface area contributed by atoms with Gasteiger partial charge in [0.2, 0.25) is 0 Å². The molecule has 57 heavy (non-hydrogen) atoms. The van der Waals surface area contributed by atoms with Gasteiger partial charge in [-0.1, -0.05) is 164 Å². The summed E-state index contributed by atoms with van der Waals surface area (Å²) in [6.07, 6.45) is 39.3. The number of aliphatic hydroxyl groups excluding tert-OH is 3. The van der Waals surface area contributed by atoms with E-state index < -0.39 is 57.9 Å². The number of carbonyl (C=O) groups is 2. The largest absolute Gasteiger partial charge is 0.472 e. The summed E-state index contributed by atoms with van der Waals surface area (Å²) in [7, 11) is -4.64. The van der Waals surface area contributed by atoms with Crippen LogP contribution in [0.1, 0.15) is 149 Å². The highest BCUT2D eigenvalue weighted by molar-refractivity contribution is 7.47. The second-order valence-corrected chi connectivity index (χ2v) is 16.1. The third-order valence-electron chi connectivity index (χ3n) is 8.65. The summed E-state index contributed by atoms with van der Waals surface area (Å²) >= 11 is 0. The van der Waals surface area contributed by atoms with Crippen LogP contribution in [0.25, 0.3) is 0 Å². The van der Waals surface area contributed by atoms with E-state index in [2.05, 4.69) is 43.5 Å². The van der Waals surface area contributed by atoms with Gasteiger partial charge in [-0.25, -0.2) is 4.57 Å². The van der Waals surface area contributed by atoms with E-state index in [1.165, 1.54) is 51.4 Å². The molecule has 0 aliphatic heterocycles. The van der Waals surface area contributed by atoms with Gasteiger partial charge in [0.05, 0.1) is 25.9 Å². The number of rotatable bonds is 38. The molecule has 4 N–H and O–H groups in total. The standard InChI is InChI=1S/C45H77O11P/c1-4-5-26-32-41(47)33-28-23-19-15-11-7-6-8-12-16-20-24-29-34-44(49)53-38-43(39-55-57(51,52)54-37-42(48)36-46)56-45(50)35-30-25-21-17-13-9-10-14-18-22-27-31-40(2)3/h5,7-8,11-12,19-20,23-24,26,28,33,40-43,46-48H,4,6,9-10,13-18,21-22,25,27,29-32,34-39H2,1-3H3,(H,51,52)/b11-7-,12-8-,23-19+,24-20-,26-5-,33-28+/t41?,42-,43+/m0/s1. The lowest BCUT2D eigenvalue weighted by Crippen LogP contribution is -2.29. The van der Waals surface area contributed by atoms with Crippen molar-refractivity contribution >= 4 is 19.8 Å². The minimum atomic E-state index is -4.64. The second-order valence-electron chi connectivity index (χ2n) is 14.7. The zero-order valence-corrected chi connectivity index (χ0v) is 36.2. The molecule has 0 aromatic rings. The van der Waals surface area contributed by atoms with E-state index in [4.69, 9.17) is 19.1 Å². The van der Waals surface area contributed by atoms with Crippen LogP contribution in [0, 0.1) is 5.92 Å². The van der Waals surface area contributed by atoms with E-state index in [0.717, 1.165) is 50.9 Å². The van der Waals surface area contributed by atoms with E-state index in [9.17, 15) is 29.3 Å². The molecular formula is C45H77O11P. The molecule has 0 amide bonds. The molecular weight excluding hydrogens is 747 g/mol. The summed E-state index contributed by atoms with van der Waals surface area (Å²) in [6.45, 7) is 4.37. The molecule has 0 spiro atoms. The van der Waals surface area contributed by atoms with Crippen LogP contribution in [-0.4, -0.2) is 76.9 Å². The maximum Gasteiger partial charge on any atom is 0.472 e. The van der Waals surface area contributed by atoms with Crippen molar-refractivity contribution in [3.63, 3.8) is 0 Å². The Kier molecular flexibility index (Phi) is 37.1.